The predicted molar refractivity (Wildman–Crippen MR) is 107 cm³/mol. The van der Waals surface area contributed by atoms with E-state index in [1.165, 1.54) is 4.68 Å². The molecule has 1 aliphatic heterocycles. The molecule has 1 atom stereocenters. The summed E-state index contributed by atoms with van der Waals surface area (Å²) >= 11 is 0. The molecule has 4 rings (SSSR count). The third-order valence-corrected chi connectivity index (χ3v) is 5.72. The van der Waals surface area contributed by atoms with E-state index in [0.717, 1.165) is 55.0 Å². The Morgan fingerprint density at radius 3 is 2.64 bits per heavy atom. The number of aromatic nitrogens is 2. The molecule has 0 spiro atoms. The number of aryl methyl sites for hydroxylation is 2. The Bertz CT molecular complexity index is 931. The number of rotatable bonds is 4. The number of anilines is 1. The summed E-state index contributed by atoms with van der Waals surface area (Å²) < 4.78 is 6.81. The van der Waals surface area contributed by atoms with Gasteiger partial charge in [0.2, 0.25) is 5.91 Å². The SMILES string of the molecule is COc1ccccc1N1CCN(C(=O)[C@@H](C)n2nc3c(cc2=O)CCC3)CC1. The van der Waals surface area contributed by atoms with Crippen molar-refractivity contribution < 1.29 is 9.53 Å². The Labute approximate surface area is 164 Å². The monoisotopic (exact) mass is 382 g/mol. The largest absolute Gasteiger partial charge is 0.495 e. The third kappa shape index (κ3) is 3.37. The van der Waals surface area contributed by atoms with E-state index < -0.39 is 6.04 Å². The first-order valence-electron chi connectivity index (χ1n) is 9.87. The van der Waals surface area contributed by atoms with Crippen molar-refractivity contribution in [3.05, 3.63) is 51.9 Å². The summed E-state index contributed by atoms with van der Waals surface area (Å²) in [4.78, 5) is 29.5. The van der Waals surface area contributed by atoms with E-state index in [1.807, 2.05) is 29.2 Å². The van der Waals surface area contributed by atoms with Crippen molar-refractivity contribution in [2.24, 2.45) is 0 Å². The Hall–Kier alpha value is -2.83. The molecule has 148 valence electrons. The number of nitrogens with zero attached hydrogens (tertiary/aromatic N) is 4. The number of hydrogen-bond donors (Lipinski definition) is 0. The predicted octanol–water partition coefficient (Wildman–Crippen LogP) is 1.65. The van der Waals surface area contributed by atoms with Crippen LogP contribution in [0.25, 0.3) is 0 Å². The first kappa shape index (κ1) is 18.5. The summed E-state index contributed by atoms with van der Waals surface area (Å²) in [5.74, 6) is 0.789. The van der Waals surface area contributed by atoms with Gasteiger partial charge in [-0.3, -0.25) is 9.59 Å². The van der Waals surface area contributed by atoms with Crippen molar-refractivity contribution in [1.29, 1.82) is 0 Å². The number of para-hydroxylation sites is 2. The zero-order valence-corrected chi connectivity index (χ0v) is 16.4. The summed E-state index contributed by atoms with van der Waals surface area (Å²) in [6.45, 7) is 4.45. The van der Waals surface area contributed by atoms with Crippen LogP contribution < -0.4 is 15.2 Å². The van der Waals surface area contributed by atoms with Crippen LogP contribution in [0, 0.1) is 0 Å². The highest BCUT2D eigenvalue weighted by Gasteiger charge is 2.28. The van der Waals surface area contributed by atoms with Gasteiger partial charge in [0.05, 0.1) is 18.5 Å². The second-order valence-corrected chi connectivity index (χ2v) is 7.41. The summed E-state index contributed by atoms with van der Waals surface area (Å²) in [6.07, 6.45) is 2.82. The van der Waals surface area contributed by atoms with Gasteiger partial charge >= 0.3 is 0 Å². The van der Waals surface area contributed by atoms with Gasteiger partial charge in [-0.1, -0.05) is 12.1 Å². The van der Waals surface area contributed by atoms with Gasteiger partial charge in [0, 0.05) is 32.2 Å². The van der Waals surface area contributed by atoms with Gasteiger partial charge in [0.25, 0.3) is 5.56 Å². The summed E-state index contributed by atoms with van der Waals surface area (Å²) in [5.41, 5.74) is 2.85. The Morgan fingerprint density at radius 2 is 1.89 bits per heavy atom. The molecule has 0 saturated carbocycles. The van der Waals surface area contributed by atoms with Crippen LogP contribution in [-0.2, 0) is 17.6 Å². The van der Waals surface area contributed by atoms with Crippen molar-refractivity contribution in [3.63, 3.8) is 0 Å². The fourth-order valence-corrected chi connectivity index (χ4v) is 4.12. The molecule has 0 unspecified atom stereocenters. The molecule has 2 heterocycles. The van der Waals surface area contributed by atoms with Crippen LogP contribution in [0.3, 0.4) is 0 Å². The molecule has 0 radical (unpaired) electrons. The second-order valence-electron chi connectivity index (χ2n) is 7.41. The number of hydrogen-bond acceptors (Lipinski definition) is 5. The highest BCUT2D eigenvalue weighted by atomic mass is 16.5. The number of ether oxygens (including phenoxy) is 1. The van der Waals surface area contributed by atoms with Gasteiger partial charge in [-0.05, 0) is 43.9 Å². The number of carbonyl (C=O) groups is 1. The minimum Gasteiger partial charge on any atom is -0.495 e. The van der Waals surface area contributed by atoms with Gasteiger partial charge in [-0.15, -0.1) is 0 Å². The van der Waals surface area contributed by atoms with Gasteiger partial charge in [0.1, 0.15) is 11.8 Å². The minimum absolute atomic E-state index is 0.0489. The fraction of sp³-hybridized carbons (Fsp3) is 0.476. The van der Waals surface area contributed by atoms with Crippen LogP contribution in [0.1, 0.15) is 30.6 Å². The zero-order valence-electron chi connectivity index (χ0n) is 16.4. The summed E-state index contributed by atoms with van der Waals surface area (Å²) in [7, 11) is 1.67. The Morgan fingerprint density at radius 1 is 1.14 bits per heavy atom. The minimum atomic E-state index is -0.587. The van der Waals surface area contributed by atoms with E-state index in [4.69, 9.17) is 4.74 Å². The number of benzene rings is 1. The van der Waals surface area contributed by atoms with E-state index in [0.29, 0.717) is 13.1 Å². The molecule has 0 bridgehead atoms. The van der Waals surface area contributed by atoms with E-state index in [-0.39, 0.29) is 11.5 Å². The van der Waals surface area contributed by atoms with Crippen molar-refractivity contribution >= 4 is 11.6 Å². The van der Waals surface area contributed by atoms with Crippen molar-refractivity contribution in [3.8, 4) is 5.75 Å². The number of methoxy groups -OCH3 is 1. The molecule has 7 nitrogen and oxygen atoms in total. The normalized spacial score (nSPS) is 17.4. The van der Waals surface area contributed by atoms with Gasteiger partial charge < -0.3 is 14.5 Å². The molecule has 1 aromatic carbocycles. The van der Waals surface area contributed by atoms with E-state index in [2.05, 4.69) is 10.00 Å². The molecule has 7 heteroatoms. The number of carbonyl (C=O) groups excluding carboxylic acids is 1. The summed E-state index contributed by atoms with van der Waals surface area (Å²) in [6, 6.07) is 8.98. The Kier molecular flexibility index (Phi) is 5.07. The third-order valence-electron chi connectivity index (χ3n) is 5.72. The van der Waals surface area contributed by atoms with Crippen LogP contribution in [0.5, 0.6) is 5.75 Å². The molecule has 2 aliphatic rings. The molecule has 28 heavy (non-hydrogen) atoms. The molecule has 0 N–H and O–H groups in total. The van der Waals surface area contributed by atoms with Crippen molar-refractivity contribution in [2.75, 3.05) is 38.2 Å². The lowest BCUT2D eigenvalue weighted by molar-refractivity contribution is -0.135. The van der Waals surface area contributed by atoms with Crippen LogP contribution in [0.4, 0.5) is 5.69 Å². The summed E-state index contributed by atoms with van der Waals surface area (Å²) in [5, 5.41) is 4.48. The lowest BCUT2D eigenvalue weighted by atomic mass is 10.2. The highest BCUT2D eigenvalue weighted by molar-refractivity contribution is 5.80. The number of piperazine rings is 1. The molecular weight excluding hydrogens is 356 g/mol. The van der Waals surface area contributed by atoms with Crippen LogP contribution >= 0.6 is 0 Å². The highest BCUT2D eigenvalue weighted by Crippen LogP contribution is 2.28. The average Bonchev–Trinajstić information content (AvgIpc) is 3.19. The Balaban J connectivity index is 1.45. The second kappa shape index (κ2) is 7.66. The van der Waals surface area contributed by atoms with Crippen LogP contribution in [-0.4, -0.2) is 53.9 Å². The van der Waals surface area contributed by atoms with E-state index in [9.17, 15) is 9.59 Å². The fourth-order valence-electron chi connectivity index (χ4n) is 4.12. The van der Waals surface area contributed by atoms with Gasteiger partial charge in [-0.25, -0.2) is 4.68 Å². The molecular formula is C21H26N4O3. The van der Waals surface area contributed by atoms with Crippen molar-refractivity contribution in [2.45, 2.75) is 32.2 Å². The average molecular weight is 382 g/mol. The maximum atomic E-state index is 13.0. The van der Waals surface area contributed by atoms with Crippen LogP contribution in [0.2, 0.25) is 0 Å². The van der Waals surface area contributed by atoms with Gasteiger partial charge in [-0.2, -0.15) is 5.10 Å². The number of amides is 1. The molecule has 1 fully saturated rings. The molecule has 1 aliphatic carbocycles. The molecule has 1 aromatic heterocycles. The maximum absolute atomic E-state index is 13.0. The number of fused-ring (bicyclic) bond motifs is 1. The molecule has 2 aromatic rings. The first-order valence-corrected chi connectivity index (χ1v) is 9.87. The van der Waals surface area contributed by atoms with E-state index >= 15 is 0 Å². The topological polar surface area (TPSA) is 67.7 Å². The molecule has 1 saturated heterocycles. The maximum Gasteiger partial charge on any atom is 0.267 e. The first-order chi connectivity index (χ1) is 13.6. The van der Waals surface area contributed by atoms with Crippen LogP contribution in [0.15, 0.2) is 35.1 Å². The quantitative estimate of drug-likeness (QED) is 0.804. The lowest BCUT2D eigenvalue weighted by Crippen LogP contribution is -2.51. The van der Waals surface area contributed by atoms with Gasteiger partial charge in [0.15, 0.2) is 0 Å². The smallest absolute Gasteiger partial charge is 0.267 e. The zero-order chi connectivity index (χ0) is 19.7. The molecule has 1 amide bonds. The standard InChI is InChI=1S/C21H26N4O3/c1-15(25-20(26)14-16-6-5-7-17(16)22-25)21(27)24-12-10-23(11-13-24)18-8-3-4-9-19(18)28-2/h3-4,8-9,14-15H,5-7,10-13H2,1-2H3/t15-/m1/s1. The van der Waals surface area contributed by atoms with E-state index in [1.54, 1.807) is 20.1 Å². The lowest BCUT2D eigenvalue weighted by Gasteiger charge is -2.37. The van der Waals surface area contributed by atoms with Crippen molar-refractivity contribution in [1.82, 2.24) is 14.7 Å².